The maximum atomic E-state index is 5.54. The van der Waals surface area contributed by atoms with Gasteiger partial charge in [-0.1, -0.05) is 0 Å². The summed E-state index contributed by atoms with van der Waals surface area (Å²) in [5, 5.41) is 2.37. The highest BCUT2D eigenvalue weighted by atomic mass is 16.6. The minimum atomic E-state index is 0.905. The molecule has 4 bridgehead atoms. The first-order valence-electron chi connectivity index (χ1n) is 3.88. The van der Waals surface area contributed by atoms with E-state index in [4.69, 9.17) is 9.47 Å². The summed E-state index contributed by atoms with van der Waals surface area (Å²) in [6, 6.07) is 8.14. The molecule has 0 amide bonds. The van der Waals surface area contributed by atoms with Crippen LogP contribution in [0.3, 0.4) is 0 Å². The number of rotatable bonds is 0. The van der Waals surface area contributed by atoms with Crippen LogP contribution >= 0.6 is 0 Å². The quantitative estimate of drug-likeness (QED) is 0.365. The molecule has 0 fully saturated rings. The van der Waals surface area contributed by atoms with Gasteiger partial charge in [-0.15, -0.1) is 0 Å². The van der Waals surface area contributed by atoms with Crippen molar-refractivity contribution in [3.05, 3.63) is 24.3 Å². The zero-order valence-electron chi connectivity index (χ0n) is 6.13. The van der Waals surface area contributed by atoms with Gasteiger partial charge in [0.05, 0.1) is 0 Å². The first-order valence-corrected chi connectivity index (χ1v) is 3.88. The number of hydrogen-bond acceptors (Lipinski definition) is 2. The van der Waals surface area contributed by atoms with Crippen molar-refractivity contribution in [2.45, 2.75) is 0 Å². The first kappa shape index (κ1) is 5.04. The van der Waals surface area contributed by atoms with Gasteiger partial charge >= 0.3 is 0 Å². The Hall–Kier alpha value is -1.70. The van der Waals surface area contributed by atoms with Crippen LogP contribution in [-0.4, -0.2) is 0 Å². The highest BCUT2D eigenvalue weighted by Crippen LogP contribution is 2.59. The predicted octanol–water partition coefficient (Wildman–Crippen LogP) is 3.05. The van der Waals surface area contributed by atoms with Crippen molar-refractivity contribution >= 4 is 10.8 Å². The second-order valence-electron chi connectivity index (χ2n) is 3.12. The second-order valence-corrected chi connectivity index (χ2v) is 3.12. The molecule has 0 saturated heterocycles. The molecule has 3 aliphatic rings. The SMILES string of the molecule is c1cc2c3c4c(cc2cc1O3)O4. The van der Waals surface area contributed by atoms with Gasteiger partial charge < -0.3 is 9.47 Å². The fourth-order valence-electron chi connectivity index (χ4n) is 1.75. The van der Waals surface area contributed by atoms with E-state index in [1.807, 2.05) is 12.1 Å². The Morgan fingerprint density at radius 1 is 0.917 bits per heavy atom. The summed E-state index contributed by atoms with van der Waals surface area (Å²) in [5.74, 6) is 3.70. The second kappa shape index (κ2) is 1.29. The van der Waals surface area contributed by atoms with Crippen LogP contribution in [0.1, 0.15) is 0 Å². The van der Waals surface area contributed by atoms with Crippen LogP contribution in [0.25, 0.3) is 10.8 Å². The fourth-order valence-corrected chi connectivity index (χ4v) is 1.75. The maximum Gasteiger partial charge on any atom is 0.213 e. The zero-order valence-corrected chi connectivity index (χ0v) is 6.13. The Morgan fingerprint density at radius 3 is 2.83 bits per heavy atom. The van der Waals surface area contributed by atoms with Crippen LogP contribution in [0.4, 0.5) is 0 Å². The lowest BCUT2D eigenvalue weighted by molar-refractivity contribution is 0.473. The van der Waals surface area contributed by atoms with Crippen LogP contribution in [-0.2, 0) is 0 Å². The van der Waals surface area contributed by atoms with Gasteiger partial charge in [0.25, 0.3) is 0 Å². The summed E-state index contributed by atoms with van der Waals surface area (Å²) < 4.78 is 10.8. The lowest BCUT2D eigenvalue weighted by atomic mass is 10.1. The van der Waals surface area contributed by atoms with Gasteiger partial charge in [-0.2, -0.15) is 0 Å². The van der Waals surface area contributed by atoms with Gasteiger partial charge in [-0.25, -0.2) is 0 Å². The van der Waals surface area contributed by atoms with Crippen LogP contribution in [0.5, 0.6) is 23.0 Å². The number of fused-ring (bicyclic) bond motifs is 2. The molecule has 12 heavy (non-hydrogen) atoms. The lowest BCUT2D eigenvalue weighted by Crippen LogP contribution is -1.89. The zero-order chi connectivity index (χ0) is 7.71. The van der Waals surface area contributed by atoms with Crippen molar-refractivity contribution in [2.24, 2.45) is 0 Å². The molecular formula is C10H4O2. The lowest BCUT2D eigenvalue weighted by Gasteiger charge is -2.13. The molecule has 5 rings (SSSR count). The third-order valence-electron chi connectivity index (χ3n) is 2.37. The van der Waals surface area contributed by atoms with E-state index in [2.05, 4.69) is 12.1 Å². The van der Waals surface area contributed by atoms with Gasteiger partial charge in [0, 0.05) is 5.39 Å². The Labute approximate surface area is 68.3 Å². The van der Waals surface area contributed by atoms with E-state index in [0.717, 1.165) is 28.4 Å². The third kappa shape index (κ3) is 0.399. The molecule has 2 nitrogen and oxygen atoms in total. The Kier molecular flexibility index (Phi) is 0.541. The maximum absolute atomic E-state index is 5.54. The Morgan fingerprint density at radius 2 is 1.92 bits per heavy atom. The summed E-state index contributed by atoms with van der Waals surface area (Å²) in [7, 11) is 0. The van der Waals surface area contributed by atoms with Crippen molar-refractivity contribution in [3.63, 3.8) is 0 Å². The van der Waals surface area contributed by atoms with Crippen molar-refractivity contribution in [2.75, 3.05) is 0 Å². The first-order chi connectivity index (χ1) is 5.92. The Balaban J connectivity index is 2.41. The summed E-state index contributed by atoms with van der Waals surface area (Å²) in [4.78, 5) is 0. The number of hydrogen-bond donors (Lipinski definition) is 0. The standard InChI is InChI=1S/C10H4O2/c1-2-7-5-3-6(1)11-9(7)10-8(4-5)12-10/h1-4H. The van der Waals surface area contributed by atoms with Crippen LogP contribution in [0.2, 0.25) is 0 Å². The molecule has 3 heterocycles. The van der Waals surface area contributed by atoms with Crippen molar-refractivity contribution in [1.29, 1.82) is 0 Å². The van der Waals surface area contributed by atoms with E-state index in [0.29, 0.717) is 0 Å². The van der Waals surface area contributed by atoms with Crippen molar-refractivity contribution < 1.29 is 9.47 Å². The number of benzene rings is 2. The molecule has 0 radical (unpaired) electrons. The van der Waals surface area contributed by atoms with E-state index in [1.54, 1.807) is 0 Å². The molecule has 0 aliphatic carbocycles. The Bertz CT molecular complexity index is 524. The summed E-state index contributed by atoms with van der Waals surface area (Å²) in [6.45, 7) is 0. The van der Waals surface area contributed by atoms with Gasteiger partial charge in [0.1, 0.15) is 5.75 Å². The molecule has 56 valence electrons. The smallest absolute Gasteiger partial charge is 0.213 e. The van der Waals surface area contributed by atoms with Gasteiger partial charge in [-0.3, -0.25) is 0 Å². The molecular weight excluding hydrogens is 152 g/mol. The average Bonchev–Trinajstić information content (AvgIpc) is 2.84. The molecule has 0 aromatic heterocycles. The molecule has 3 aliphatic heterocycles. The molecule has 0 unspecified atom stereocenters. The molecule has 2 aromatic rings. The normalized spacial score (nSPS) is 14.3. The van der Waals surface area contributed by atoms with Crippen LogP contribution in [0.15, 0.2) is 24.3 Å². The third-order valence-corrected chi connectivity index (χ3v) is 2.37. The van der Waals surface area contributed by atoms with E-state index in [9.17, 15) is 0 Å². The van der Waals surface area contributed by atoms with Gasteiger partial charge in [0.15, 0.2) is 11.5 Å². The molecule has 0 atom stereocenters. The molecule has 0 saturated carbocycles. The molecule has 0 N–H and O–H groups in total. The molecule has 0 spiro atoms. The average molecular weight is 156 g/mol. The van der Waals surface area contributed by atoms with Crippen molar-refractivity contribution in [1.82, 2.24) is 0 Å². The van der Waals surface area contributed by atoms with E-state index >= 15 is 0 Å². The minimum absolute atomic E-state index is 0.905. The predicted molar refractivity (Wildman–Crippen MR) is 44.1 cm³/mol. The van der Waals surface area contributed by atoms with E-state index < -0.39 is 0 Å². The van der Waals surface area contributed by atoms with Crippen LogP contribution < -0.4 is 9.47 Å². The van der Waals surface area contributed by atoms with Gasteiger partial charge in [0.2, 0.25) is 5.75 Å². The summed E-state index contributed by atoms with van der Waals surface area (Å²) in [5.41, 5.74) is 0. The highest BCUT2D eigenvalue weighted by molar-refractivity contribution is 5.98. The molecule has 2 aromatic carbocycles. The largest absolute Gasteiger partial charge is 0.453 e. The topological polar surface area (TPSA) is 21.8 Å². The van der Waals surface area contributed by atoms with Crippen LogP contribution in [0, 0.1) is 0 Å². The fraction of sp³-hybridized carbons (Fsp3) is 0. The number of ether oxygens (including phenoxy) is 2. The van der Waals surface area contributed by atoms with E-state index in [1.165, 1.54) is 5.39 Å². The highest BCUT2D eigenvalue weighted by Gasteiger charge is 2.31. The monoisotopic (exact) mass is 156 g/mol. The summed E-state index contributed by atoms with van der Waals surface area (Å²) in [6.07, 6.45) is 0. The molecule has 2 heteroatoms. The summed E-state index contributed by atoms with van der Waals surface area (Å²) >= 11 is 0. The minimum Gasteiger partial charge on any atom is -0.453 e. The van der Waals surface area contributed by atoms with E-state index in [-0.39, 0.29) is 0 Å². The van der Waals surface area contributed by atoms with Gasteiger partial charge in [-0.05, 0) is 29.7 Å². The van der Waals surface area contributed by atoms with Crippen molar-refractivity contribution in [3.8, 4) is 23.0 Å².